The molecule has 0 radical (unpaired) electrons. The molecule has 1 aliphatic heterocycles. The predicted octanol–water partition coefficient (Wildman–Crippen LogP) is 0.212. The lowest BCUT2D eigenvalue weighted by molar-refractivity contribution is -0.140. The molecule has 0 aromatic rings. The number of carboxylic acid groups (broad SMARTS) is 1. The minimum absolute atomic E-state index is 0.294. The van der Waals surface area contributed by atoms with Gasteiger partial charge in [-0.25, -0.2) is 9.59 Å². The summed E-state index contributed by atoms with van der Waals surface area (Å²) in [6, 6.07) is -0.951. The molecule has 0 aromatic carbocycles. The van der Waals surface area contributed by atoms with Gasteiger partial charge in [-0.2, -0.15) is 0 Å². The minimum Gasteiger partial charge on any atom is -0.480 e. The fourth-order valence-electron chi connectivity index (χ4n) is 1.92. The van der Waals surface area contributed by atoms with Gasteiger partial charge in [0.05, 0.1) is 0 Å². The fraction of sp³-hybridized carbons (Fsp3) is 0.846. The molecule has 0 aromatic heterocycles. The van der Waals surface area contributed by atoms with Crippen LogP contribution in [0.2, 0.25) is 0 Å². The van der Waals surface area contributed by atoms with Crippen LogP contribution in [0.5, 0.6) is 0 Å². The highest BCUT2D eigenvalue weighted by molar-refractivity contribution is 5.80. The molecule has 116 valence electrons. The number of ether oxygens (including phenoxy) is 1. The lowest BCUT2D eigenvalue weighted by Crippen LogP contribution is -2.53. The highest BCUT2D eigenvalue weighted by Gasteiger charge is 2.27. The number of nitrogens with zero attached hydrogens (tertiary/aromatic N) is 2. The molecular weight excluding hydrogens is 262 g/mol. The van der Waals surface area contributed by atoms with Gasteiger partial charge in [0.1, 0.15) is 11.6 Å². The van der Waals surface area contributed by atoms with Crippen LogP contribution >= 0.6 is 0 Å². The monoisotopic (exact) mass is 287 g/mol. The largest absolute Gasteiger partial charge is 0.480 e. The first-order valence-corrected chi connectivity index (χ1v) is 6.80. The van der Waals surface area contributed by atoms with E-state index >= 15 is 0 Å². The minimum atomic E-state index is -1.05. The number of rotatable bonds is 4. The molecule has 7 heteroatoms. The summed E-state index contributed by atoms with van der Waals surface area (Å²) in [5.41, 5.74) is -0.638. The van der Waals surface area contributed by atoms with Crippen LogP contribution in [0.1, 0.15) is 20.8 Å². The Hall–Kier alpha value is -1.34. The number of alkyl carbamates (subject to hydrolysis) is 1. The molecule has 1 atom stereocenters. The summed E-state index contributed by atoms with van der Waals surface area (Å²) < 4.78 is 5.08. The van der Waals surface area contributed by atoms with Gasteiger partial charge in [0.2, 0.25) is 0 Å². The third-order valence-electron chi connectivity index (χ3n) is 3.03. The van der Waals surface area contributed by atoms with E-state index in [1.165, 1.54) is 0 Å². The lowest BCUT2D eigenvalue weighted by atomic mass is 10.2. The van der Waals surface area contributed by atoms with Crippen LogP contribution in [0.3, 0.4) is 0 Å². The van der Waals surface area contributed by atoms with E-state index < -0.39 is 23.7 Å². The topological polar surface area (TPSA) is 82.1 Å². The molecule has 1 aliphatic rings. The first kappa shape index (κ1) is 16.7. The summed E-state index contributed by atoms with van der Waals surface area (Å²) in [4.78, 5) is 27.1. The van der Waals surface area contributed by atoms with Crippen molar-refractivity contribution in [3.05, 3.63) is 0 Å². The molecule has 1 heterocycles. The molecule has 1 unspecified atom stereocenters. The second-order valence-electron chi connectivity index (χ2n) is 6.14. The van der Waals surface area contributed by atoms with Gasteiger partial charge in [0.25, 0.3) is 0 Å². The molecule has 0 aliphatic carbocycles. The number of likely N-dealkylation sites (N-methyl/N-ethyl adjacent to an activating group) is 1. The van der Waals surface area contributed by atoms with Crippen LogP contribution < -0.4 is 5.32 Å². The zero-order valence-electron chi connectivity index (χ0n) is 12.7. The Bertz CT molecular complexity index is 346. The van der Waals surface area contributed by atoms with E-state index in [1.807, 2.05) is 11.9 Å². The molecular formula is C13H25N3O4. The maximum atomic E-state index is 11.6. The highest BCUT2D eigenvalue weighted by Crippen LogP contribution is 2.07. The van der Waals surface area contributed by atoms with Crippen molar-refractivity contribution >= 4 is 12.1 Å². The first-order chi connectivity index (χ1) is 9.17. The smallest absolute Gasteiger partial charge is 0.408 e. The molecule has 0 saturated carbocycles. The van der Waals surface area contributed by atoms with E-state index in [9.17, 15) is 14.7 Å². The summed E-state index contributed by atoms with van der Waals surface area (Å²) in [6.45, 7) is 8.92. The van der Waals surface area contributed by atoms with Crippen molar-refractivity contribution in [1.29, 1.82) is 0 Å². The van der Waals surface area contributed by atoms with Gasteiger partial charge in [0, 0.05) is 32.7 Å². The van der Waals surface area contributed by atoms with Gasteiger partial charge in [0.15, 0.2) is 0 Å². The van der Waals surface area contributed by atoms with Gasteiger partial charge in [-0.05, 0) is 27.8 Å². The SMILES string of the molecule is CN1CCN(CC(NC(=O)OC(C)(C)C)C(=O)O)CC1. The van der Waals surface area contributed by atoms with Crippen molar-refractivity contribution < 1.29 is 19.4 Å². The van der Waals surface area contributed by atoms with E-state index in [2.05, 4.69) is 10.2 Å². The maximum absolute atomic E-state index is 11.6. The number of amides is 1. The van der Waals surface area contributed by atoms with Crippen LogP contribution in [0.25, 0.3) is 0 Å². The second-order valence-corrected chi connectivity index (χ2v) is 6.14. The zero-order chi connectivity index (χ0) is 15.3. The summed E-state index contributed by atoms with van der Waals surface area (Å²) in [7, 11) is 2.03. The third-order valence-corrected chi connectivity index (χ3v) is 3.03. The number of piperazine rings is 1. The normalized spacial score (nSPS) is 19.4. The van der Waals surface area contributed by atoms with Crippen LogP contribution in [0.15, 0.2) is 0 Å². The van der Waals surface area contributed by atoms with Gasteiger partial charge >= 0.3 is 12.1 Å². The van der Waals surface area contributed by atoms with Crippen LogP contribution in [-0.2, 0) is 9.53 Å². The van der Waals surface area contributed by atoms with Gasteiger partial charge in [-0.1, -0.05) is 0 Å². The summed E-state index contributed by atoms with van der Waals surface area (Å²) >= 11 is 0. The Labute approximate surface area is 119 Å². The van der Waals surface area contributed by atoms with E-state index in [4.69, 9.17) is 4.74 Å². The van der Waals surface area contributed by atoms with E-state index in [0.29, 0.717) is 6.54 Å². The number of carboxylic acids is 1. The number of carbonyl (C=O) groups is 2. The molecule has 0 bridgehead atoms. The van der Waals surface area contributed by atoms with Gasteiger partial charge in [-0.15, -0.1) is 0 Å². The van der Waals surface area contributed by atoms with Crippen molar-refractivity contribution in [3.8, 4) is 0 Å². The standard InChI is InChI=1S/C13H25N3O4/c1-13(2,3)20-12(19)14-10(11(17)18)9-16-7-5-15(4)6-8-16/h10H,5-9H2,1-4H3,(H,14,19)(H,17,18). The van der Waals surface area contributed by atoms with E-state index in [1.54, 1.807) is 20.8 Å². The van der Waals surface area contributed by atoms with Gasteiger partial charge < -0.3 is 20.1 Å². The Kier molecular flexibility index (Phi) is 5.76. The maximum Gasteiger partial charge on any atom is 0.408 e. The molecule has 1 rings (SSSR count). The van der Waals surface area contributed by atoms with Crippen molar-refractivity contribution in [3.63, 3.8) is 0 Å². The Balaban J connectivity index is 2.48. The summed E-state index contributed by atoms with van der Waals surface area (Å²) in [5, 5.41) is 11.6. The molecule has 7 nitrogen and oxygen atoms in total. The molecule has 0 spiro atoms. The number of aliphatic carboxylic acids is 1. The number of hydrogen-bond donors (Lipinski definition) is 2. The zero-order valence-corrected chi connectivity index (χ0v) is 12.7. The van der Waals surface area contributed by atoms with E-state index in [0.717, 1.165) is 26.2 Å². The number of carbonyl (C=O) groups excluding carboxylic acids is 1. The highest BCUT2D eigenvalue weighted by atomic mass is 16.6. The van der Waals surface area contributed by atoms with Crippen molar-refractivity contribution in [2.45, 2.75) is 32.4 Å². The summed E-state index contributed by atoms with van der Waals surface area (Å²) in [5.74, 6) is -1.05. The van der Waals surface area contributed by atoms with Crippen molar-refractivity contribution in [2.75, 3.05) is 39.8 Å². The molecule has 1 fully saturated rings. The van der Waals surface area contributed by atoms with Gasteiger partial charge in [-0.3, -0.25) is 4.90 Å². The van der Waals surface area contributed by atoms with Crippen LogP contribution in [0, 0.1) is 0 Å². The Morgan fingerprint density at radius 3 is 2.25 bits per heavy atom. The molecule has 1 amide bonds. The van der Waals surface area contributed by atoms with Crippen molar-refractivity contribution in [1.82, 2.24) is 15.1 Å². The number of nitrogens with one attached hydrogen (secondary N) is 1. The average Bonchev–Trinajstić information content (AvgIpc) is 2.28. The quantitative estimate of drug-likeness (QED) is 0.769. The second kappa shape index (κ2) is 6.90. The van der Waals surface area contributed by atoms with Crippen LogP contribution in [-0.4, -0.2) is 78.4 Å². The molecule has 20 heavy (non-hydrogen) atoms. The summed E-state index contributed by atoms with van der Waals surface area (Å²) in [6.07, 6.45) is -0.695. The van der Waals surface area contributed by atoms with E-state index in [-0.39, 0.29) is 0 Å². The average molecular weight is 287 g/mol. The first-order valence-electron chi connectivity index (χ1n) is 6.80. The third kappa shape index (κ3) is 6.21. The van der Waals surface area contributed by atoms with Crippen molar-refractivity contribution in [2.24, 2.45) is 0 Å². The lowest BCUT2D eigenvalue weighted by Gasteiger charge is -2.34. The van der Waals surface area contributed by atoms with Crippen LogP contribution in [0.4, 0.5) is 4.79 Å². The molecule has 1 saturated heterocycles. The fourth-order valence-corrected chi connectivity index (χ4v) is 1.92. The predicted molar refractivity (Wildman–Crippen MR) is 74.7 cm³/mol. The number of hydrogen-bond acceptors (Lipinski definition) is 5. The molecule has 2 N–H and O–H groups in total. The Morgan fingerprint density at radius 2 is 1.80 bits per heavy atom. The Morgan fingerprint density at radius 1 is 1.25 bits per heavy atom.